The van der Waals surface area contributed by atoms with Crippen molar-refractivity contribution < 1.29 is 9.90 Å². The third kappa shape index (κ3) is 3.08. The first kappa shape index (κ1) is 13.9. The number of anilines is 2. The van der Waals surface area contributed by atoms with Gasteiger partial charge in [-0.3, -0.25) is 0 Å². The van der Waals surface area contributed by atoms with Crippen molar-refractivity contribution in [2.75, 3.05) is 17.7 Å². The number of halogens is 1. The molecule has 0 bridgehead atoms. The Morgan fingerprint density at radius 3 is 2.74 bits per heavy atom. The molecule has 0 fully saturated rings. The Bertz CT molecular complexity index is 612. The lowest BCUT2D eigenvalue weighted by molar-refractivity contribution is 0.0697. The van der Waals surface area contributed by atoms with Crippen molar-refractivity contribution in [3.05, 3.63) is 44.6 Å². The number of carboxylic acid groups (broad SMARTS) is 1. The summed E-state index contributed by atoms with van der Waals surface area (Å²) >= 11 is 5.15. The molecule has 2 rings (SSSR count). The highest BCUT2D eigenvalue weighted by atomic mass is 79.9. The summed E-state index contributed by atoms with van der Waals surface area (Å²) in [6.45, 7) is 0.717. The van der Waals surface area contributed by atoms with Crippen LogP contribution in [0.3, 0.4) is 0 Å². The summed E-state index contributed by atoms with van der Waals surface area (Å²) in [5, 5.41) is 10.9. The van der Waals surface area contributed by atoms with Crippen molar-refractivity contribution in [3.63, 3.8) is 0 Å². The fourth-order valence-corrected chi connectivity index (χ4v) is 3.30. The molecule has 4 nitrogen and oxygen atoms in total. The van der Waals surface area contributed by atoms with Gasteiger partial charge < -0.3 is 15.7 Å². The molecule has 0 atom stereocenters. The van der Waals surface area contributed by atoms with Crippen LogP contribution in [0.5, 0.6) is 0 Å². The Balaban J connectivity index is 2.22. The number of carboxylic acids is 1. The van der Waals surface area contributed by atoms with E-state index in [1.807, 2.05) is 23.4 Å². The van der Waals surface area contributed by atoms with Gasteiger partial charge >= 0.3 is 5.97 Å². The molecule has 3 N–H and O–H groups in total. The zero-order valence-electron chi connectivity index (χ0n) is 10.3. The molecular weight excluding hydrogens is 328 g/mol. The molecule has 0 aliphatic carbocycles. The minimum atomic E-state index is -0.970. The van der Waals surface area contributed by atoms with E-state index in [4.69, 9.17) is 10.8 Å². The predicted octanol–water partition coefficient (Wildman–Crippen LogP) is 3.43. The maximum Gasteiger partial charge on any atom is 0.335 e. The van der Waals surface area contributed by atoms with Crippen LogP contribution in [0.4, 0.5) is 11.4 Å². The monoisotopic (exact) mass is 340 g/mol. The fraction of sp³-hybridized carbons (Fsp3) is 0.154. The largest absolute Gasteiger partial charge is 0.478 e. The van der Waals surface area contributed by atoms with Gasteiger partial charge in [0.2, 0.25) is 0 Å². The first-order valence-electron chi connectivity index (χ1n) is 5.55. The highest BCUT2D eigenvalue weighted by Gasteiger charge is 2.11. The maximum atomic E-state index is 10.9. The summed E-state index contributed by atoms with van der Waals surface area (Å²) < 4.78 is 1.07. The van der Waals surface area contributed by atoms with Gasteiger partial charge in [-0.2, -0.15) is 0 Å². The highest BCUT2D eigenvalue weighted by Crippen LogP contribution is 2.29. The van der Waals surface area contributed by atoms with Crippen LogP contribution in [-0.4, -0.2) is 18.1 Å². The summed E-state index contributed by atoms with van der Waals surface area (Å²) in [6.07, 6.45) is 0. The Morgan fingerprint density at radius 2 is 2.21 bits per heavy atom. The first-order chi connectivity index (χ1) is 8.99. The molecular formula is C13H13BrN2O2S. The van der Waals surface area contributed by atoms with E-state index in [1.165, 1.54) is 10.9 Å². The Morgan fingerprint density at radius 1 is 1.47 bits per heavy atom. The second-order valence-electron chi connectivity index (χ2n) is 4.13. The van der Waals surface area contributed by atoms with Gasteiger partial charge in [-0.15, -0.1) is 11.3 Å². The zero-order valence-corrected chi connectivity index (χ0v) is 12.7. The van der Waals surface area contributed by atoms with Crippen molar-refractivity contribution in [1.82, 2.24) is 0 Å². The van der Waals surface area contributed by atoms with Crippen molar-refractivity contribution in [2.45, 2.75) is 6.54 Å². The second-order valence-corrected chi connectivity index (χ2v) is 5.98. The standard InChI is InChI=1S/C13H13BrN2O2S/c1-16(7-12-9(14)4-5-19-12)11-3-2-8(13(17)18)6-10(11)15/h2-6H,7,15H2,1H3,(H,17,18). The molecule has 0 saturated carbocycles. The zero-order chi connectivity index (χ0) is 14.0. The number of hydrogen-bond donors (Lipinski definition) is 2. The van der Waals surface area contributed by atoms with E-state index in [2.05, 4.69) is 15.9 Å². The summed E-state index contributed by atoms with van der Waals surface area (Å²) in [7, 11) is 1.93. The topological polar surface area (TPSA) is 66.6 Å². The average molecular weight is 341 g/mol. The van der Waals surface area contributed by atoms with E-state index in [-0.39, 0.29) is 5.56 Å². The molecule has 1 aromatic heterocycles. The van der Waals surface area contributed by atoms with E-state index in [1.54, 1.807) is 23.5 Å². The van der Waals surface area contributed by atoms with Crippen molar-refractivity contribution in [1.29, 1.82) is 0 Å². The van der Waals surface area contributed by atoms with Gasteiger partial charge in [0.05, 0.1) is 23.5 Å². The molecule has 0 spiro atoms. The van der Waals surface area contributed by atoms with Gasteiger partial charge in [-0.05, 0) is 45.6 Å². The molecule has 1 aromatic carbocycles. The van der Waals surface area contributed by atoms with Gasteiger partial charge in [0.1, 0.15) is 0 Å². The first-order valence-corrected chi connectivity index (χ1v) is 7.22. The van der Waals surface area contributed by atoms with Crippen LogP contribution in [0.1, 0.15) is 15.2 Å². The van der Waals surface area contributed by atoms with Crippen LogP contribution in [0, 0.1) is 0 Å². The second kappa shape index (κ2) is 5.63. The number of nitrogen functional groups attached to an aromatic ring is 1. The van der Waals surface area contributed by atoms with E-state index in [0.29, 0.717) is 5.69 Å². The molecule has 19 heavy (non-hydrogen) atoms. The fourth-order valence-electron chi connectivity index (χ4n) is 1.77. The normalized spacial score (nSPS) is 10.4. The molecule has 0 amide bonds. The molecule has 2 aromatic rings. The van der Waals surface area contributed by atoms with Gasteiger partial charge in [-0.1, -0.05) is 0 Å². The third-order valence-electron chi connectivity index (χ3n) is 2.76. The third-order valence-corrected chi connectivity index (χ3v) is 4.67. The van der Waals surface area contributed by atoms with Crippen molar-refractivity contribution >= 4 is 44.6 Å². The Hall–Kier alpha value is -1.53. The summed E-state index contributed by atoms with van der Waals surface area (Å²) in [5.41, 5.74) is 7.41. The number of rotatable bonds is 4. The van der Waals surface area contributed by atoms with Crippen LogP contribution in [0.2, 0.25) is 0 Å². The van der Waals surface area contributed by atoms with Crippen LogP contribution in [-0.2, 0) is 6.54 Å². The predicted molar refractivity (Wildman–Crippen MR) is 81.9 cm³/mol. The number of thiophene rings is 1. The molecule has 1 heterocycles. The number of hydrogen-bond acceptors (Lipinski definition) is 4. The van der Waals surface area contributed by atoms with Gasteiger partial charge in [0, 0.05) is 16.4 Å². The van der Waals surface area contributed by atoms with Gasteiger partial charge in [0.15, 0.2) is 0 Å². The highest BCUT2D eigenvalue weighted by molar-refractivity contribution is 9.10. The lowest BCUT2D eigenvalue weighted by atomic mass is 10.1. The number of nitrogens with two attached hydrogens (primary N) is 1. The molecule has 0 aliphatic heterocycles. The number of benzene rings is 1. The van der Waals surface area contributed by atoms with E-state index < -0.39 is 5.97 Å². The van der Waals surface area contributed by atoms with E-state index in [0.717, 1.165) is 16.7 Å². The molecule has 0 radical (unpaired) electrons. The Kier molecular flexibility index (Phi) is 4.11. The molecule has 6 heteroatoms. The lowest BCUT2D eigenvalue weighted by Crippen LogP contribution is -2.17. The molecule has 0 unspecified atom stereocenters. The summed E-state index contributed by atoms with van der Waals surface area (Å²) in [5.74, 6) is -0.970. The van der Waals surface area contributed by atoms with E-state index >= 15 is 0 Å². The quantitative estimate of drug-likeness (QED) is 0.836. The van der Waals surface area contributed by atoms with Crippen molar-refractivity contribution in [2.24, 2.45) is 0 Å². The number of nitrogens with zero attached hydrogens (tertiary/aromatic N) is 1. The Labute approximate surface area is 123 Å². The molecule has 0 saturated heterocycles. The minimum absolute atomic E-state index is 0.201. The maximum absolute atomic E-state index is 10.9. The van der Waals surface area contributed by atoms with Crippen LogP contribution < -0.4 is 10.6 Å². The smallest absolute Gasteiger partial charge is 0.335 e. The van der Waals surface area contributed by atoms with E-state index in [9.17, 15) is 4.79 Å². The molecule has 100 valence electrons. The SMILES string of the molecule is CN(Cc1sccc1Br)c1ccc(C(=O)O)cc1N. The minimum Gasteiger partial charge on any atom is -0.478 e. The average Bonchev–Trinajstić information content (AvgIpc) is 2.74. The number of carbonyl (C=O) groups is 1. The van der Waals surface area contributed by atoms with Gasteiger partial charge in [0.25, 0.3) is 0 Å². The molecule has 0 aliphatic rings. The van der Waals surface area contributed by atoms with Crippen molar-refractivity contribution in [3.8, 4) is 0 Å². The summed E-state index contributed by atoms with van der Waals surface area (Å²) in [4.78, 5) is 14.1. The van der Waals surface area contributed by atoms with Crippen LogP contribution in [0.15, 0.2) is 34.1 Å². The summed E-state index contributed by atoms with van der Waals surface area (Å²) in [6, 6.07) is 6.79. The van der Waals surface area contributed by atoms with Gasteiger partial charge in [-0.25, -0.2) is 4.79 Å². The lowest BCUT2D eigenvalue weighted by Gasteiger charge is -2.21. The van der Waals surface area contributed by atoms with Crippen LogP contribution in [0.25, 0.3) is 0 Å². The number of aromatic carboxylic acids is 1. The van der Waals surface area contributed by atoms with Crippen LogP contribution >= 0.6 is 27.3 Å².